The average molecular weight is 495 g/mol. The van der Waals surface area contributed by atoms with Gasteiger partial charge in [0.15, 0.2) is 0 Å². The van der Waals surface area contributed by atoms with Crippen LogP contribution in [0.3, 0.4) is 0 Å². The minimum atomic E-state index is -0.336. The first-order valence-electron chi connectivity index (χ1n) is 13.4. The molecule has 36 heavy (non-hydrogen) atoms. The quantitative estimate of drug-likeness (QED) is 0.505. The van der Waals surface area contributed by atoms with Crippen molar-refractivity contribution in [3.63, 3.8) is 0 Å². The number of benzene rings is 1. The lowest BCUT2D eigenvalue weighted by Crippen LogP contribution is -2.42. The monoisotopic (exact) mass is 494 g/mol. The summed E-state index contributed by atoms with van der Waals surface area (Å²) in [7, 11) is 3.68. The highest BCUT2D eigenvalue weighted by Crippen LogP contribution is 2.40. The van der Waals surface area contributed by atoms with E-state index in [2.05, 4.69) is 10.3 Å². The minimum Gasteiger partial charge on any atom is -0.335 e. The standard InChI is InChI=1S/C29H39FN4O2/c1-20(31-2)27(35)19-23(21-10-5-4-6-11-21)29(36)34-17-9-12-26(34)24-18-22(14-15-25(24)30)33(3)28-13-7-8-16-32-28/h7-8,13-16,18,20-21,23,26,31H,4-6,9-12,17,19H2,1-3H3/t20-,23-,26?/m0/s1. The Labute approximate surface area is 214 Å². The number of carbonyl (C=O) groups excluding carboxylic acids is 2. The van der Waals surface area contributed by atoms with Gasteiger partial charge in [-0.25, -0.2) is 9.37 Å². The van der Waals surface area contributed by atoms with Gasteiger partial charge in [-0.05, 0) is 75.9 Å². The number of nitrogens with zero attached hydrogens (tertiary/aromatic N) is 3. The third-order valence-electron chi connectivity index (χ3n) is 8.13. The molecule has 1 amide bonds. The molecule has 1 aromatic heterocycles. The Hall–Kier alpha value is -2.80. The Bertz CT molecular complexity index is 1040. The van der Waals surface area contributed by atoms with Crippen LogP contribution in [0.2, 0.25) is 0 Å². The summed E-state index contributed by atoms with van der Waals surface area (Å²) in [4.78, 5) is 35.1. The van der Waals surface area contributed by atoms with Crippen LogP contribution in [0.15, 0.2) is 42.6 Å². The molecule has 0 bridgehead atoms. The predicted molar refractivity (Wildman–Crippen MR) is 141 cm³/mol. The van der Waals surface area contributed by atoms with Gasteiger partial charge in [0.2, 0.25) is 5.91 Å². The molecule has 1 aliphatic heterocycles. The van der Waals surface area contributed by atoms with Crippen LogP contribution in [-0.2, 0) is 9.59 Å². The number of Topliss-reactive ketones (excluding diaryl/α,β-unsaturated/α-hetero) is 1. The van der Waals surface area contributed by atoms with Crippen LogP contribution in [0.1, 0.15) is 69.9 Å². The number of likely N-dealkylation sites (tertiary alicyclic amines) is 1. The second-order valence-electron chi connectivity index (χ2n) is 10.3. The zero-order valence-electron chi connectivity index (χ0n) is 21.8. The van der Waals surface area contributed by atoms with Gasteiger partial charge < -0.3 is 15.1 Å². The summed E-state index contributed by atoms with van der Waals surface area (Å²) in [5, 5.41) is 3.02. The van der Waals surface area contributed by atoms with Gasteiger partial charge in [0.1, 0.15) is 17.4 Å². The van der Waals surface area contributed by atoms with Crippen molar-refractivity contribution in [2.24, 2.45) is 11.8 Å². The van der Waals surface area contributed by atoms with E-state index in [1.807, 2.05) is 48.0 Å². The summed E-state index contributed by atoms with van der Waals surface area (Å²) in [6, 6.07) is 10.2. The molecule has 0 spiro atoms. The van der Waals surface area contributed by atoms with E-state index in [1.54, 1.807) is 19.3 Å². The second kappa shape index (κ2) is 12.0. The third kappa shape index (κ3) is 5.77. The maximum absolute atomic E-state index is 15.2. The summed E-state index contributed by atoms with van der Waals surface area (Å²) in [6.07, 6.45) is 8.88. The maximum atomic E-state index is 15.2. The van der Waals surface area contributed by atoms with Gasteiger partial charge in [-0.15, -0.1) is 0 Å². The molecule has 2 aliphatic rings. The van der Waals surface area contributed by atoms with Crippen LogP contribution in [0, 0.1) is 17.7 Å². The molecule has 1 saturated carbocycles. The Balaban J connectivity index is 1.60. The fraction of sp³-hybridized carbons (Fsp3) is 0.552. The van der Waals surface area contributed by atoms with Gasteiger partial charge in [0.25, 0.3) is 0 Å². The molecule has 6 nitrogen and oxygen atoms in total. The van der Waals surface area contributed by atoms with Crippen molar-refractivity contribution in [1.29, 1.82) is 0 Å². The largest absolute Gasteiger partial charge is 0.335 e. The minimum absolute atomic E-state index is 0.0175. The Morgan fingerprint density at radius 3 is 2.61 bits per heavy atom. The van der Waals surface area contributed by atoms with Crippen LogP contribution in [-0.4, -0.2) is 48.3 Å². The molecule has 1 unspecified atom stereocenters. The topological polar surface area (TPSA) is 65.5 Å². The molecule has 1 saturated heterocycles. The van der Waals surface area contributed by atoms with E-state index < -0.39 is 0 Å². The molecular weight excluding hydrogens is 455 g/mol. The van der Waals surface area contributed by atoms with Gasteiger partial charge in [-0.1, -0.05) is 25.3 Å². The number of amides is 1. The van der Waals surface area contributed by atoms with Crippen LogP contribution >= 0.6 is 0 Å². The molecule has 2 aromatic rings. The molecule has 1 aliphatic carbocycles. The summed E-state index contributed by atoms with van der Waals surface area (Å²) in [5.41, 5.74) is 1.37. The lowest BCUT2D eigenvalue weighted by atomic mass is 9.76. The number of halogens is 1. The number of carbonyl (C=O) groups is 2. The zero-order valence-corrected chi connectivity index (χ0v) is 21.8. The van der Waals surface area contributed by atoms with Crippen molar-refractivity contribution < 1.29 is 14.0 Å². The van der Waals surface area contributed by atoms with Gasteiger partial charge in [0, 0.05) is 43.4 Å². The lowest BCUT2D eigenvalue weighted by molar-refractivity contribution is -0.141. The Morgan fingerprint density at radius 1 is 1.14 bits per heavy atom. The van der Waals surface area contributed by atoms with Crippen molar-refractivity contribution in [3.05, 3.63) is 54.0 Å². The summed E-state index contributed by atoms with van der Waals surface area (Å²) in [5.74, 6) is 0.436. The van der Waals surface area contributed by atoms with E-state index in [-0.39, 0.29) is 47.8 Å². The smallest absolute Gasteiger partial charge is 0.226 e. The lowest BCUT2D eigenvalue weighted by Gasteiger charge is -2.35. The van der Waals surface area contributed by atoms with Gasteiger partial charge in [-0.3, -0.25) is 9.59 Å². The first-order valence-corrected chi connectivity index (χ1v) is 13.4. The number of nitrogens with one attached hydrogen (secondary N) is 1. The van der Waals surface area contributed by atoms with Gasteiger partial charge >= 0.3 is 0 Å². The number of pyridine rings is 1. The number of anilines is 2. The fourth-order valence-corrected chi connectivity index (χ4v) is 5.79. The van der Waals surface area contributed by atoms with E-state index in [1.165, 1.54) is 12.5 Å². The van der Waals surface area contributed by atoms with Crippen molar-refractivity contribution in [3.8, 4) is 0 Å². The molecule has 2 heterocycles. The van der Waals surface area contributed by atoms with Crippen LogP contribution in [0.4, 0.5) is 15.9 Å². The first kappa shape index (κ1) is 26.3. The normalized spacial score (nSPS) is 20.2. The van der Waals surface area contributed by atoms with E-state index in [9.17, 15) is 9.59 Å². The van der Waals surface area contributed by atoms with Crippen molar-refractivity contribution in [2.75, 3.05) is 25.5 Å². The van der Waals surface area contributed by atoms with Crippen molar-refractivity contribution in [2.45, 2.75) is 70.4 Å². The van der Waals surface area contributed by atoms with Crippen molar-refractivity contribution in [1.82, 2.24) is 15.2 Å². The number of rotatable bonds is 9. The number of hydrogen-bond donors (Lipinski definition) is 1. The molecule has 194 valence electrons. The van der Waals surface area contributed by atoms with Crippen LogP contribution in [0.25, 0.3) is 0 Å². The fourth-order valence-electron chi connectivity index (χ4n) is 5.79. The molecule has 3 atom stereocenters. The summed E-state index contributed by atoms with van der Waals surface area (Å²) >= 11 is 0. The van der Waals surface area contributed by atoms with Gasteiger partial charge in [-0.2, -0.15) is 0 Å². The molecular formula is C29H39FN4O2. The highest BCUT2D eigenvalue weighted by Gasteiger charge is 2.40. The average Bonchev–Trinajstić information content (AvgIpc) is 3.41. The number of ketones is 1. The number of hydrogen-bond acceptors (Lipinski definition) is 5. The van der Waals surface area contributed by atoms with Crippen LogP contribution < -0.4 is 10.2 Å². The summed E-state index contributed by atoms with van der Waals surface area (Å²) in [6.45, 7) is 2.45. The SMILES string of the molecule is CN[C@@H](C)C(=O)C[C@H](C(=O)N1CCCC1c1cc(N(C)c2ccccn2)ccc1F)C1CCCCC1. The maximum Gasteiger partial charge on any atom is 0.226 e. The number of likely N-dealkylation sites (N-methyl/N-ethyl adjacent to an activating group) is 1. The summed E-state index contributed by atoms with van der Waals surface area (Å²) < 4.78 is 15.2. The van der Waals surface area contributed by atoms with E-state index in [0.29, 0.717) is 12.1 Å². The molecule has 7 heteroatoms. The zero-order chi connectivity index (χ0) is 25.7. The highest BCUT2D eigenvalue weighted by molar-refractivity contribution is 5.90. The van der Waals surface area contributed by atoms with E-state index in [4.69, 9.17) is 0 Å². The number of aromatic nitrogens is 1. The molecule has 1 N–H and O–H groups in total. The van der Waals surface area contributed by atoms with Gasteiger partial charge in [0.05, 0.1) is 12.1 Å². The molecule has 1 aromatic carbocycles. The Kier molecular flexibility index (Phi) is 8.72. The first-order chi connectivity index (χ1) is 17.4. The predicted octanol–water partition coefficient (Wildman–Crippen LogP) is 5.42. The molecule has 0 radical (unpaired) electrons. The highest BCUT2D eigenvalue weighted by atomic mass is 19.1. The second-order valence-corrected chi connectivity index (χ2v) is 10.3. The van der Waals surface area contributed by atoms with E-state index in [0.717, 1.165) is 50.0 Å². The van der Waals surface area contributed by atoms with Crippen molar-refractivity contribution >= 4 is 23.2 Å². The Morgan fingerprint density at radius 2 is 1.92 bits per heavy atom. The molecule has 2 fully saturated rings. The third-order valence-corrected chi connectivity index (χ3v) is 8.13. The van der Waals surface area contributed by atoms with Crippen LogP contribution in [0.5, 0.6) is 0 Å². The van der Waals surface area contributed by atoms with E-state index >= 15 is 4.39 Å². The molecule has 4 rings (SSSR count).